The van der Waals surface area contributed by atoms with Crippen molar-refractivity contribution in [1.82, 2.24) is 0 Å². The zero-order chi connectivity index (χ0) is 8.60. The molecule has 1 atom stereocenters. The Morgan fingerprint density at radius 2 is 2.33 bits per heavy atom. The van der Waals surface area contributed by atoms with Gasteiger partial charge < -0.3 is 0 Å². The van der Waals surface area contributed by atoms with Crippen LogP contribution < -0.4 is 0 Å². The predicted octanol–water partition coefficient (Wildman–Crippen LogP) is 2.74. The van der Waals surface area contributed by atoms with Crippen molar-refractivity contribution >= 4 is 6.21 Å². The molecule has 0 saturated heterocycles. The molecule has 0 aromatic heterocycles. The van der Waals surface area contributed by atoms with Crippen molar-refractivity contribution < 1.29 is 0 Å². The minimum Gasteiger partial charge on any atom is -0.285 e. The molecule has 1 aliphatic heterocycles. The Morgan fingerprint density at radius 3 is 3.17 bits per heavy atom. The maximum Gasteiger partial charge on any atom is 0.0751 e. The molecule has 1 aliphatic carbocycles. The molecule has 1 unspecified atom stereocenters. The molecule has 0 spiro atoms. The third-order valence-electron chi connectivity index (χ3n) is 2.66. The van der Waals surface area contributed by atoms with E-state index in [4.69, 9.17) is 0 Å². The van der Waals surface area contributed by atoms with Crippen molar-refractivity contribution in [2.24, 2.45) is 10.4 Å². The van der Waals surface area contributed by atoms with Gasteiger partial charge in [0.15, 0.2) is 0 Å². The first-order valence-corrected chi connectivity index (χ1v) is 4.57. The number of hydrogen-bond donors (Lipinski definition) is 0. The van der Waals surface area contributed by atoms with Crippen LogP contribution in [0.5, 0.6) is 0 Å². The molecule has 2 rings (SSSR count). The second-order valence-electron chi connectivity index (χ2n) is 4.45. The minimum absolute atomic E-state index is 0.441. The van der Waals surface area contributed by atoms with E-state index in [1.165, 1.54) is 18.4 Å². The van der Waals surface area contributed by atoms with E-state index < -0.39 is 0 Å². The average Bonchev–Trinajstić information content (AvgIpc) is 2.02. The molecule has 1 heteroatoms. The number of nitrogens with zero attached hydrogens (tertiary/aromatic N) is 1. The van der Waals surface area contributed by atoms with Crippen LogP contribution in [-0.2, 0) is 0 Å². The molecule has 1 nitrogen and oxygen atoms in total. The van der Waals surface area contributed by atoms with Gasteiger partial charge in [-0.05, 0) is 29.9 Å². The summed E-state index contributed by atoms with van der Waals surface area (Å²) >= 11 is 0. The van der Waals surface area contributed by atoms with Crippen molar-refractivity contribution in [2.45, 2.75) is 32.7 Å². The Kier molecular flexibility index (Phi) is 1.67. The van der Waals surface area contributed by atoms with Crippen LogP contribution in [0.4, 0.5) is 0 Å². The van der Waals surface area contributed by atoms with Gasteiger partial charge in [-0.2, -0.15) is 0 Å². The zero-order valence-corrected chi connectivity index (χ0v) is 7.75. The number of aliphatic imine (C=N–C) groups is 1. The van der Waals surface area contributed by atoms with E-state index in [0.29, 0.717) is 11.5 Å². The van der Waals surface area contributed by atoms with E-state index in [-0.39, 0.29) is 0 Å². The smallest absolute Gasteiger partial charge is 0.0751 e. The molecule has 0 saturated carbocycles. The van der Waals surface area contributed by atoms with Crippen molar-refractivity contribution in [1.29, 1.82) is 0 Å². The highest BCUT2D eigenvalue weighted by Gasteiger charge is 2.28. The van der Waals surface area contributed by atoms with Crippen LogP contribution in [0.3, 0.4) is 0 Å². The Bertz CT molecular complexity index is 269. The molecule has 0 radical (unpaired) electrons. The number of hydrogen-bond acceptors (Lipinski definition) is 1. The Morgan fingerprint density at radius 1 is 1.50 bits per heavy atom. The van der Waals surface area contributed by atoms with Gasteiger partial charge in [-0.3, -0.25) is 4.99 Å². The third kappa shape index (κ3) is 1.36. The van der Waals surface area contributed by atoms with Gasteiger partial charge >= 0.3 is 0 Å². The molecule has 2 aliphatic rings. The summed E-state index contributed by atoms with van der Waals surface area (Å²) in [4.78, 5) is 4.47. The second kappa shape index (κ2) is 2.58. The van der Waals surface area contributed by atoms with Crippen LogP contribution in [0.1, 0.15) is 26.7 Å². The van der Waals surface area contributed by atoms with Gasteiger partial charge in [0.2, 0.25) is 0 Å². The van der Waals surface area contributed by atoms with Crippen LogP contribution in [0, 0.1) is 5.41 Å². The summed E-state index contributed by atoms with van der Waals surface area (Å²) in [6.07, 6.45) is 10.9. The largest absolute Gasteiger partial charge is 0.285 e. The summed E-state index contributed by atoms with van der Waals surface area (Å²) in [5.74, 6) is 0. The Balaban J connectivity index is 2.26. The summed E-state index contributed by atoms with van der Waals surface area (Å²) in [5.41, 5.74) is 1.85. The monoisotopic (exact) mass is 161 g/mol. The first kappa shape index (κ1) is 7.78. The van der Waals surface area contributed by atoms with E-state index in [2.05, 4.69) is 31.0 Å². The molecule has 0 fully saturated rings. The fourth-order valence-electron chi connectivity index (χ4n) is 1.88. The van der Waals surface area contributed by atoms with Crippen molar-refractivity contribution in [3.05, 3.63) is 23.8 Å². The Hall–Kier alpha value is -0.850. The summed E-state index contributed by atoms with van der Waals surface area (Å²) in [5, 5.41) is 0. The van der Waals surface area contributed by atoms with E-state index in [0.717, 1.165) is 0 Å². The lowest BCUT2D eigenvalue weighted by atomic mass is 9.75. The van der Waals surface area contributed by atoms with Crippen molar-refractivity contribution in [3.8, 4) is 0 Å². The molecular formula is C11H15N. The van der Waals surface area contributed by atoms with Crippen LogP contribution in [0.25, 0.3) is 0 Å². The molecule has 12 heavy (non-hydrogen) atoms. The zero-order valence-electron chi connectivity index (χ0n) is 7.75. The highest BCUT2D eigenvalue weighted by Crippen LogP contribution is 2.36. The highest BCUT2D eigenvalue weighted by molar-refractivity contribution is 5.74. The summed E-state index contributed by atoms with van der Waals surface area (Å²) in [7, 11) is 0. The summed E-state index contributed by atoms with van der Waals surface area (Å²) in [6, 6.07) is 0.443. The lowest BCUT2D eigenvalue weighted by molar-refractivity contribution is 0.307. The summed E-state index contributed by atoms with van der Waals surface area (Å²) in [6.45, 7) is 4.63. The quantitative estimate of drug-likeness (QED) is 0.518. The van der Waals surface area contributed by atoms with E-state index >= 15 is 0 Å². The first-order valence-electron chi connectivity index (χ1n) is 4.57. The van der Waals surface area contributed by atoms with Gasteiger partial charge in [0.05, 0.1) is 6.04 Å². The van der Waals surface area contributed by atoms with E-state index in [1.807, 2.05) is 12.3 Å². The number of rotatable bonds is 0. The van der Waals surface area contributed by atoms with Crippen LogP contribution >= 0.6 is 0 Å². The Labute approximate surface area is 73.9 Å². The molecule has 0 aromatic carbocycles. The molecule has 0 N–H and O–H groups in total. The van der Waals surface area contributed by atoms with Gasteiger partial charge in [-0.1, -0.05) is 26.0 Å². The average molecular weight is 161 g/mol. The van der Waals surface area contributed by atoms with Gasteiger partial charge in [0.1, 0.15) is 0 Å². The molecule has 1 heterocycles. The molecule has 64 valence electrons. The van der Waals surface area contributed by atoms with E-state index in [9.17, 15) is 0 Å². The van der Waals surface area contributed by atoms with Crippen LogP contribution in [-0.4, -0.2) is 12.3 Å². The third-order valence-corrected chi connectivity index (χ3v) is 2.66. The maximum absolute atomic E-state index is 4.47. The molecule has 0 bridgehead atoms. The normalized spacial score (nSPS) is 31.2. The predicted molar refractivity (Wildman–Crippen MR) is 52.5 cm³/mol. The topological polar surface area (TPSA) is 12.4 Å². The van der Waals surface area contributed by atoms with Gasteiger partial charge in [0.25, 0.3) is 0 Å². The SMILES string of the molecule is CC1(C)CC=C2C=CC=NC2C1. The molecule has 0 amide bonds. The second-order valence-corrected chi connectivity index (χ2v) is 4.45. The van der Waals surface area contributed by atoms with Crippen molar-refractivity contribution in [3.63, 3.8) is 0 Å². The summed E-state index contributed by atoms with van der Waals surface area (Å²) < 4.78 is 0. The minimum atomic E-state index is 0.441. The van der Waals surface area contributed by atoms with Crippen LogP contribution in [0.15, 0.2) is 28.8 Å². The fraction of sp³-hybridized carbons (Fsp3) is 0.545. The lowest BCUT2D eigenvalue weighted by Crippen LogP contribution is -2.25. The van der Waals surface area contributed by atoms with Gasteiger partial charge in [-0.25, -0.2) is 0 Å². The number of dihydropyridines is 1. The molecule has 0 aromatic rings. The van der Waals surface area contributed by atoms with E-state index in [1.54, 1.807) is 0 Å². The van der Waals surface area contributed by atoms with Gasteiger partial charge in [0, 0.05) is 6.21 Å². The maximum atomic E-state index is 4.47. The van der Waals surface area contributed by atoms with Crippen molar-refractivity contribution in [2.75, 3.05) is 0 Å². The standard InChI is InChI=1S/C11H15N/c1-11(2)6-5-9-4-3-7-12-10(9)8-11/h3-5,7,10H,6,8H2,1-2H3. The van der Waals surface area contributed by atoms with Gasteiger partial charge in [-0.15, -0.1) is 0 Å². The van der Waals surface area contributed by atoms with Crippen LogP contribution in [0.2, 0.25) is 0 Å². The first-order chi connectivity index (χ1) is 5.67. The lowest BCUT2D eigenvalue weighted by Gasteiger charge is -2.33. The highest BCUT2D eigenvalue weighted by atomic mass is 14.8. The number of fused-ring (bicyclic) bond motifs is 1. The number of allylic oxidation sites excluding steroid dienone is 2. The molecular weight excluding hydrogens is 146 g/mol. The fourth-order valence-corrected chi connectivity index (χ4v) is 1.88.